The average Bonchev–Trinajstić information content (AvgIpc) is 2.78. The Hall–Kier alpha value is -2.18. The molecular weight excluding hydrogens is 392 g/mol. The number of aliphatic hydroxyl groups excluding tert-OH is 2. The van der Waals surface area contributed by atoms with Crippen molar-refractivity contribution in [2.24, 2.45) is 0 Å². The molecule has 6 heteroatoms. The van der Waals surface area contributed by atoms with Gasteiger partial charge < -0.3 is 10.2 Å². The Kier molecular flexibility index (Phi) is 12.7. The third-order valence-corrected chi connectivity index (χ3v) is 4.57. The highest BCUT2D eigenvalue weighted by Gasteiger charge is 2.21. The number of benzene rings is 2. The molecule has 0 amide bonds. The van der Waals surface area contributed by atoms with Gasteiger partial charge in [-0.2, -0.15) is 4.89 Å². The average molecular weight is 421 g/mol. The van der Waals surface area contributed by atoms with Gasteiger partial charge in [-0.3, -0.25) is 4.89 Å². The lowest BCUT2D eigenvalue weighted by Gasteiger charge is -2.19. The molecule has 0 radical (unpaired) electrons. The number of hydrogen-bond acceptors (Lipinski definition) is 5. The van der Waals surface area contributed by atoms with E-state index in [9.17, 15) is 4.79 Å². The van der Waals surface area contributed by atoms with E-state index >= 15 is 0 Å². The summed E-state index contributed by atoms with van der Waals surface area (Å²) in [6.45, 7) is 3.91. The first kappa shape index (κ1) is 24.9. The Morgan fingerprint density at radius 2 is 1.48 bits per heavy atom. The maximum Gasteiger partial charge on any atom is 0.365 e. The van der Waals surface area contributed by atoms with E-state index < -0.39 is 23.6 Å². The highest BCUT2D eigenvalue weighted by atomic mass is 35.5. The summed E-state index contributed by atoms with van der Waals surface area (Å²) < 4.78 is 0. The summed E-state index contributed by atoms with van der Waals surface area (Å²) in [6.07, 6.45) is 3.01. The molecule has 0 aliphatic rings. The highest BCUT2D eigenvalue weighted by molar-refractivity contribution is 6.21. The molecule has 2 N–H and O–H groups in total. The van der Waals surface area contributed by atoms with Crippen LogP contribution in [0, 0.1) is 0 Å². The standard InChI is InChI=1S/C16H14O3.C7H15ClO2/c17-16(12-11-14-7-3-1-4-8-14)19-18-13-15-9-5-2-6-10-15;1-3-5(9)7(8)6(10)4-2/h1-12H,13H2;5-7,9-10H,3-4H2,1-2H3/t;5-,6+,7?. The summed E-state index contributed by atoms with van der Waals surface area (Å²) in [4.78, 5) is 20.9. The van der Waals surface area contributed by atoms with Gasteiger partial charge in [0, 0.05) is 6.08 Å². The van der Waals surface area contributed by atoms with E-state index in [0.29, 0.717) is 12.8 Å². The number of carbonyl (C=O) groups is 1. The molecule has 0 heterocycles. The lowest BCUT2D eigenvalue weighted by atomic mass is 10.1. The van der Waals surface area contributed by atoms with Crippen LogP contribution in [-0.2, 0) is 21.2 Å². The molecule has 2 aromatic carbocycles. The molecule has 0 fully saturated rings. The maximum atomic E-state index is 11.4. The van der Waals surface area contributed by atoms with Crippen LogP contribution >= 0.6 is 11.6 Å². The fourth-order valence-electron chi connectivity index (χ4n) is 2.19. The van der Waals surface area contributed by atoms with E-state index in [2.05, 4.69) is 4.89 Å². The number of rotatable bonds is 9. The van der Waals surface area contributed by atoms with Gasteiger partial charge in [-0.05, 0) is 30.0 Å². The minimum atomic E-state index is -0.586. The molecule has 1 unspecified atom stereocenters. The third-order valence-electron chi connectivity index (χ3n) is 3.99. The van der Waals surface area contributed by atoms with Gasteiger partial charge in [0.15, 0.2) is 0 Å². The molecule has 2 aromatic rings. The second-order valence-corrected chi connectivity index (χ2v) is 6.79. The Labute approximate surface area is 177 Å². The SMILES string of the molecule is CC[C@@H](O)C(Cl)[C@@H](O)CC.O=C(C=Cc1ccccc1)OOCc1ccccc1. The summed E-state index contributed by atoms with van der Waals surface area (Å²) in [5.41, 5.74) is 1.88. The molecule has 2 rings (SSSR count). The van der Waals surface area contributed by atoms with Crippen molar-refractivity contribution in [2.45, 2.75) is 50.9 Å². The predicted octanol–water partition coefficient (Wildman–Crippen LogP) is 4.51. The van der Waals surface area contributed by atoms with E-state index in [4.69, 9.17) is 26.7 Å². The molecule has 5 nitrogen and oxygen atoms in total. The molecule has 29 heavy (non-hydrogen) atoms. The minimum Gasteiger partial charge on any atom is -0.391 e. The zero-order valence-corrected chi connectivity index (χ0v) is 17.5. The second kappa shape index (κ2) is 14.8. The zero-order chi connectivity index (χ0) is 21.5. The van der Waals surface area contributed by atoms with Crippen LogP contribution in [0.4, 0.5) is 0 Å². The van der Waals surface area contributed by atoms with Gasteiger partial charge in [-0.15, -0.1) is 11.6 Å². The molecule has 0 saturated heterocycles. The van der Waals surface area contributed by atoms with E-state index in [-0.39, 0.29) is 6.61 Å². The van der Waals surface area contributed by atoms with E-state index in [1.54, 1.807) is 6.08 Å². The van der Waals surface area contributed by atoms with Crippen molar-refractivity contribution in [2.75, 3.05) is 0 Å². The molecule has 0 aliphatic heterocycles. The third kappa shape index (κ3) is 10.8. The first-order chi connectivity index (χ1) is 14.0. The first-order valence-corrected chi connectivity index (χ1v) is 10.0. The molecule has 0 aliphatic carbocycles. The number of aliphatic hydroxyl groups is 2. The number of hydrogen-bond donors (Lipinski definition) is 2. The molecule has 3 atom stereocenters. The van der Waals surface area contributed by atoms with Crippen molar-refractivity contribution in [3.63, 3.8) is 0 Å². The van der Waals surface area contributed by atoms with Crippen molar-refractivity contribution in [1.82, 2.24) is 0 Å². The number of carbonyl (C=O) groups excluding carboxylic acids is 1. The number of alkyl halides is 1. The summed E-state index contributed by atoms with van der Waals surface area (Å²) in [7, 11) is 0. The van der Waals surface area contributed by atoms with Crippen LogP contribution in [0.5, 0.6) is 0 Å². The normalized spacial score (nSPS) is 13.8. The van der Waals surface area contributed by atoms with Crippen molar-refractivity contribution in [1.29, 1.82) is 0 Å². The fourth-order valence-corrected chi connectivity index (χ4v) is 2.55. The van der Waals surface area contributed by atoms with E-state index in [0.717, 1.165) is 11.1 Å². The van der Waals surface area contributed by atoms with Crippen LogP contribution in [0.2, 0.25) is 0 Å². The highest BCUT2D eigenvalue weighted by Crippen LogP contribution is 2.13. The van der Waals surface area contributed by atoms with Crippen LogP contribution in [0.1, 0.15) is 37.8 Å². The van der Waals surface area contributed by atoms with Gasteiger partial charge in [-0.25, -0.2) is 4.79 Å². The van der Waals surface area contributed by atoms with E-state index in [1.807, 2.05) is 74.5 Å². The van der Waals surface area contributed by atoms with Gasteiger partial charge in [0.2, 0.25) is 0 Å². The summed E-state index contributed by atoms with van der Waals surface area (Å²) in [5, 5.41) is 17.8. The Balaban J connectivity index is 0.000000359. The van der Waals surface area contributed by atoms with Crippen LogP contribution in [0.25, 0.3) is 6.08 Å². The Bertz CT molecular complexity index is 696. The molecule has 0 spiro atoms. The summed E-state index contributed by atoms with van der Waals surface area (Å²) in [6, 6.07) is 19.0. The van der Waals surface area contributed by atoms with Crippen LogP contribution in [0.3, 0.4) is 0 Å². The lowest BCUT2D eigenvalue weighted by Crippen LogP contribution is -2.31. The largest absolute Gasteiger partial charge is 0.391 e. The number of halogens is 1. The van der Waals surface area contributed by atoms with Crippen LogP contribution in [-0.4, -0.2) is 33.8 Å². The molecule has 0 saturated carbocycles. The van der Waals surface area contributed by atoms with Gasteiger partial charge in [0.25, 0.3) is 0 Å². The van der Waals surface area contributed by atoms with Crippen LogP contribution < -0.4 is 0 Å². The first-order valence-electron chi connectivity index (χ1n) is 9.58. The zero-order valence-electron chi connectivity index (χ0n) is 16.8. The summed E-state index contributed by atoms with van der Waals surface area (Å²) in [5.74, 6) is -0.528. The van der Waals surface area contributed by atoms with Crippen molar-refractivity contribution in [3.05, 3.63) is 77.9 Å². The van der Waals surface area contributed by atoms with Gasteiger partial charge in [0.1, 0.15) is 6.61 Å². The monoisotopic (exact) mass is 420 g/mol. The maximum absolute atomic E-state index is 11.4. The second-order valence-electron chi connectivity index (χ2n) is 6.29. The lowest BCUT2D eigenvalue weighted by molar-refractivity contribution is -0.275. The van der Waals surface area contributed by atoms with Gasteiger partial charge >= 0.3 is 5.97 Å². The summed E-state index contributed by atoms with van der Waals surface area (Å²) >= 11 is 5.68. The quantitative estimate of drug-likeness (QED) is 0.270. The van der Waals surface area contributed by atoms with Crippen molar-refractivity contribution in [3.8, 4) is 0 Å². The Morgan fingerprint density at radius 1 is 0.966 bits per heavy atom. The Morgan fingerprint density at radius 3 is 2.00 bits per heavy atom. The smallest absolute Gasteiger partial charge is 0.365 e. The van der Waals surface area contributed by atoms with Crippen LogP contribution in [0.15, 0.2) is 66.7 Å². The molecule has 0 aromatic heterocycles. The van der Waals surface area contributed by atoms with Gasteiger partial charge in [-0.1, -0.05) is 74.5 Å². The predicted molar refractivity (Wildman–Crippen MR) is 115 cm³/mol. The van der Waals surface area contributed by atoms with Gasteiger partial charge in [0.05, 0.1) is 17.6 Å². The topological polar surface area (TPSA) is 76.0 Å². The van der Waals surface area contributed by atoms with E-state index in [1.165, 1.54) is 6.08 Å². The van der Waals surface area contributed by atoms with Crippen molar-refractivity contribution >= 4 is 23.6 Å². The fraction of sp³-hybridized carbons (Fsp3) is 0.348. The molecule has 158 valence electrons. The molecule has 0 bridgehead atoms. The van der Waals surface area contributed by atoms with Crippen molar-refractivity contribution < 1.29 is 24.8 Å². The minimum absolute atomic E-state index is 0.242. The molecular formula is C23H29ClO5.